The Balaban J connectivity index is 2.46. The Kier molecular flexibility index (Phi) is 3.50. The molecule has 0 spiro atoms. The van der Waals surface area contributed by atoms with Crippen molar-refractivity contribution in [3.05, 3.63) is 0 Å². The Bertz CT molecular complexity index is 240. The summed E-state index contributed by atoms with van der Waals surface area (Å²) in [6, 6.07) is 0. The topological polar surface area (TPSA) is 38.7 Å². The van der Waals surface area contributed by atoms with E-state index >= 15 is 0 Å². The minimum atomic E-state index is -1.78. The van der Waals surface area contributed by atoms with E-state index in [9.17, 15) is 5.11 Å². The molecule has 3 atom stereocenters. The van der Waals surface area contributed by atoms with Gasteiger partial charge in [-0.1, -0.05) is 20.8 Å². The molecule has 1 heterocycles. The van der Waals surface area contributed by atoms with Crippen LogP contribution in [0.3, 0.4) is 0 Å². The van der Waals surface area contributed by atoms with Crippen LogP contribution in [-0.4, -0.2) is 38.8 Å². The molecule has 90 valence electrons. The highest BCUT2D eigenvalue weighted by Crippen LogP contribution is 2.36. The second-order valence-corrected chi connectivity index (χ2v) is 10.5. The first-order valence-corrected chi connectivity index (χ1v) is 8.44. The number of hydrogen-bond acceptors (Lipinski definition) is 3. The molecule has 0 aromatic heterocycles. The van der Waals surface area contributed by atoms with E-state index in [0.717, 1.165) is 0 Å². The lowest BCUT2D eigenvalue weighted by atomic mass is 10.2. The summed E-state index contributed by atoms with van der Waals surface area (Å²) in [5, 5.41) is 9.81. The van der Waals surface area contributed by atoms with Gasteiger partial charge >= 0.3 is 0 Å². The van der Waals surface area contributed by atoms with Crippen LogP contribution >= 0.6 is 0 Å². The molecule has 0 aliphatic carbocycles. The molecule has 1 aliphatic rings. The van der Waals surface area contributed by atoms with Gasteiger partial charge in [0.15, 0.2) is 8.32 Å². The largest absolute Gasteiger partial charge is 0.414 e. The van der Waals surface area contributed by atoms with Gasteiger partial charge in [-0.15, -0.1) is 0 Å². The molecule has 15 heavy (non-hydrogen) atoms. The van der Waals surface area contributed by atoms with Crippen molar-refractivity contribution in [3.63, 3.8) is 0 Å². The second kappa shape index (κ2) is 4.53. The molecule has 3 nitrogen and oxygen atoms in total. The molecule has 0 unspecified atom stereocenters. The fourth-order valence-electron chi connectivity index (χ4n) is 1.18. The Morgan fingerprint density at radius 3 is 2.53 bits per heavy atom. The third kappa shape index (κ3) is 3.28. The summed E-state index contributed by atoms with van der Waals surface area (Å²) in [6.07, 6.45) is -0.477. The molecule has 4 heteroatoms. The van der Waals surface area contributed by atoms with Gasteiger partial charge in [-0.25, -0.2) is 0 Å². The van der Waals surface area contributed by atoms with Crippen LogP contribution in [0, 0.1) is 0 Å². The summed E-state index contributed by atoms with van der Waals surface area (Å²) in [5.41, 5.74) is 0. The molecule has 1 N–H and O–H groups in total. The van der Waals surface area contributed by atoms with E-state index in [1.165, 1.54) is 0 Å². The van der Waals surface area contributed by atoms with Gasteiger partial charge in [0.1, 0.15) is 6.10 Å². The van der Waals surface area contributed by atoms with E-state index < -0.39 is 21.0 Å². The van der Waals surface area contributed by atoms with Gasteiger partial charge in [0, 0.05) is 6.58 Å². The molecule has 1 rings (SSSR count). The molecule has 1 saturated heterocycles. The Morgan fingerprint density at radius 1 is 1.53 bits per heavy atom. The van der Waals surface area contributed by atoms with Crippen molar-refractivity contribution < 1.29 is 15.6 Å². The summed E-state index contributed by atoms with van der Waals surface area (Å²) in [6.45, 7) is 10.7. The Hall–Kier alpha value is 0.0969. The van der Waals surface area contributed by atoms with E-state index in [1.807, 2.05) is 0 Å². The quantitative estimate of drug-likeness (QED) is 0.761. The summed E-state index contributed by atoms with van der Waals surface area (Å²) >= 11 is 0. The Morgan fingerprint density at radius 2 is 2.13 bits per heavy atom. The van der Waals surface area contributed by atoms with Gasteiger partial charge in [0.2, 0.25) is 0 Å². The monoisotopic (exact) mass is 234 g/mol. The minimum Gasteiger partial charge on any atom is -0.414 e. The highest BCUT2D eigenvalue weighted by molar-refractivity contribution is 6.74. The fraction of sp³-hybridized carbons (Fsp3) is 1.00. The van der Waals surface area contributed by atoms with Gasteiger partial charge < -0.3 is 14.3 Å². The summed E-state index contributed by atoms with van der Waals surface area (Å²) in [5.74, 6) is 0. The van der Waals surface area contributed by atoms with Crippen molar-refractivity contribution in [1.29, 1.82) is 0 Å². The van der Waals surface area contributed by atoms with Crippen molar-refractivity contribution in [2.45, 2.75) is 57.5 Å². The van der Waals surface area contributed by atoms with Crippen LogP contribution in [-0.2, 0) is 9.16 Å². The lowest BCUT2D eigenvalue weighted by Crippen LogP contribution is -2.43. The van der Waals surface area contributed by atoms with E-state index in [2.05, 4.69) is 33.9 Å². The molecule has 0 amide bonds. The highest BCUT2D eigenvalue weighted by atomic mass is 28.4. The van der Waals surface area contributed by atoms with Crippen molar-refractivity contribution in [1.82, 2.24) is 0 Å². The van der Waals surface area contributed by atoms with Crippen molar-refractivity contribution in [2.75, 3.05) is 13.2 Å². The van der Waals surface area contributed by atoms with Crippen LogP contribution in [0.5, 0.6) is 0 Å². The van der Waals surface area contributed by atoms with E-state index in [-0.39, 0.29) is 11.1 Å². The summed E-state index contributed by atoms with van der Waals surface area (Å²) in [7, 11) is -1.78. The highest BCUT2D eigenvalue weighted by Gasteiger charge is 2.38. The smallest absolute Gasteiger partial charge is 0.192 e. The lowest BCUT2D eigenvalue weighted by Gasteiger charge is -2.37. The van der Waals surface area contributed by atoms with Crippen LogP contribution in [0.1, 0.15) is 28.6 Å². The number of aliphatic hydroxyl groups excluding tert-OH is 1. The third-order valence-electron chi connectivity index (χ3n) is 3.45. The maximum Gasteiger partial charge on any atom is 0.192 e. The van der Waals surface area contributed by atoms with Crippen LogP contribution in [0.15, 0.2) is 0 Å². The molecular weight excluding hydrogens is 208 g/mol. The third-order valence-corrected chi connectivity index (χ3v) is 7.95. The first-order chi connectivity index (χ1) is 7.13. The zero-order chi connectivity index (χ0) is 12.6. The van der Waals surface area contributed by atoms with Crippen LogP contribution in [0.25, 0.3) is 0 Å². The summed E-state index contributed by atoms with van der Waals surface area (Å²) in [4.78, 5) is 0. The maximum absolute atomic E-state index is 9.65. The fourth-order valence-corrected chi connectivity index (χ4v) is 2.19. The zero-order valence-electron chi connectivity index (χ0n) is 11.4. The SMILES string of the molecule is [3H][C@H]1C[C@@H](O)[C@@H](CO[Si](C)(C)C(C)(C)C)O1. The molecule has 1 aliphatic heterocycles. The molecule has 0 saturated carbocycles. The minimum absolute atomic E-state index is 0.164. The molecule has 0 radical (unpaired) electrons. The van der Waals surface area contributed by atoms with Crippen molar-refractivity contribution >= 4 is 8.32 Å². The number of aliphatic hydroxyl groups is 1. The van der Waals surface area contributed by atoms with Gasteiger partial charge in [0.05, 0.1) is 14.1 Å². The second-order valence-electron chi connectivity index (χ2n) is 5.72. The van der Waals surface area contributed by atoms with Gasteiger partial charge in [0.25, 0.3) is 0 Å². The number of hydrogen-bond donors (Lipinski definition) is 1. The summed E-state index contributed by atoms with van der Waals surface area (Å²) < 4.78 is 18.7. The van der Waals surface area contributed by atoms with E-state index in [4.69, 9.17) is 10.5 Å². The van der Waals surface area contributed by atoms with Crippen LogP contribution < -0.4 is 0 Å². The van der Waals surface area contributed by atoms with Crippen LogP contribution in [0.4, 0.5) is 0 Å². The zero-order valence-corrected chi connectivity index (χ0v) is 11.4. The van der Waals surface area contributed by atoms with Crippen molar-refractivity contribution in [3.8, 4) is 0 Å². The molecule has 0 aromatic carbocycles. The van der Waals surface area contributed by atoms with Crippen molar-refractivity contribution in [2.24, 2.45) is 0 Å². The van der Waals surface area contributed by atoms with E-state index in [1.54, 1.807) is 0 Å². The molecule has 0 aromatic rings. The predicted molar refractivity (Wildman–Crippen MR) is 63.5 cm³/mol. The van der Waals surface area contributed by atoms with Gasteiger partial charge in [-0.05, 0) is 24.6 Å². The standard InChI is InChI=1S/C11H24O3Si/c1-11(2,3)15(4,5)14-8-10-9(12)6-7-13-10/h9-10,12H,6-8H2,1-5H3/t9-,10-/m1/s1/i7T/t7-,9+,10+/m0. The first kappa shape index (κ1) is 11.6. The van der Waals surface area contributed by atoms with E-state index in [0.29, 0.717) is 13.0 Å². The molecule has 0 bridgehead atoms. The number of rotatable bonds is 3. The maximum atomic E-state index is 9.65. The normalized spacial score (nSPS) is 34.3. The predicted octanol–water partition coefficient (Wildman–Crippen LogP) is 2.16. The first-order valence-electron chi connectivity index (χ1n) is 6.11. The van der Waals surface area contributed by atoms with Gasteiger partial charge in [-0.2, -0.15) is 0 Å². The molecular formula is C11H24O3Si. The lowest BCUT2D eigenvalue weighted by molar-refractivity contribution is 0.00746. The Labute approximate surface area is 95.3 Å². The van der Waals surface area contributed by atoms with Gasteiger partial charge in [-0.3, -0.25) is 0 Å². The average Bonchev–Trinajstić information content (AvgIpc) is 2.39. The number of ether oxygens (including phenoxy) is 1. The van der Waals surface area contributed by atoms with Crippen LogP contribution in [0.2, 0.25) is 18.1 Å². The molecule has 1 fully saturated rings. The average molecular weight is 234 g/mol.